The van der Waals surface area contributed by atoms with E-state index in [-0.39, 0.29) is 17.5 Å². The van der Waals surface area contributed by atoms with Gasteiger partial charge in [0.2, 0.25) is 0 Å². The van der Waals surface area contributed by atoms with Crippen LogP contribution in [0.2, 0.25) is 0 Å². The maximum atomic E-state index is 13.0. The van der Waals surface area contributed by atoms with Crippen LogP contribution in [0.25, 0.3) is 5.57 Å². The van der Waals surface area contributed by atoms with Crippen LogP contribution in [0.5, 0.6) is 0 Å². The highest BCUT2D eigenvalue weighted by Gasteiger charge is 2.18. The topological polar surface area (TPSA) is 58.2 Å². The average molecular weight is 370 g/mol. The molecule has 2 amide bonds. The second-order valence-corrected chi connectivity index (χ2v) is 6.51. The van der Waals surface area contributed by atoms with Gasteiger partial charge in [-0.1, -0.05) is 66.2 Å². The number of rotatable bonds is 5. The molecule has 2 N–H and O–H groups in total. The van der Waals surface area contributed by atoms with Crippen molar-refractivity contribution < 1.29 is 9.59 Å². The van der Waals surface area contributed by atoms with E-state index < -0.39 is 0 Å². The fourth-order valence-electron chi connectivity index (χ4n) is 2.76. The van der Waals surface area contributed by atoms with Gasteiger partial charge in [0.05, 0.1) is 0 Å². The van der Waals surface area contributed by atoms with E-state index in [1.165, 1.54) is 0 Å². The van der Waals surface area contributed by atoms with E-state index >= 15 is 0 Å². The molecule has 0 spiro atoms. The Morgan fingerprint density at radius 1 is 0.714 bits per heavy atom. The second-order valence-electron chi connectivity index (χ2n) is 6.51. The lowest BCUT2D eigenvalue weighted by atomic mass is 10.0. The van der Waals surface area contributed by atoms with E-state index in [1.807, 2.05) is 74.5 Å². The van der Waals surface area contributed by atoms with Crippen LogP contribution in [0.4, 0.5) is 5.69 Å². The highest BCUT2D eigenvalue weighted by atomic mass is 16.2. The molecule has 0 saturated carbocycles. The number of benzene rings is 3. The van der Waals surface area contributed by atoms with E-state index in [0.717, 1.165) is 11.1 Å². The average Bonchev–Trinajstić information content (AvgIpc) is 2.74. The molecule has 0 aromatic heterocycles. The Balaban J connectivity index is 1.93. The summed E-state index contributed by atoms with van der Waals surface area (Å²) in [6.07, 6.45) is 0. The minimum absolute atomic E-state index is 0.223. The van der Waals surface area contributed by atoms with E-state index in [4.69, 9.17) is 0 Å². The smallest absolute Gasteiger partial charge is 0.272 e. The van der Waals surface area contributed by atoms with Crippen molar-refractivity contribution in [1.82, 2.24) is 5.32 Å². The van der Waals surface area contributed by atoms with Crippen LogP contribution in [-0.2, 0) is 4.79 Å². The highest BCUT2D eigenvalue weighted by molar-refractivity contribution is 6.12. The van der Waals surface area contributed by atoms with Crippen molar-refractivity contribution in [2.75, 3.05) is 5.32 Å². The number of allylic oxidation sites excluding steroid dienone is 1. The van der Waals surface area contributed by atoms with Crippen molar-refractivity contribution in [2.45, 2.75) is 13.8 Å². The molecule has 4 nitrogen and oxygen atoms in total. The molecule has 0 aliphatic rings. The number of anilines is 1. The van der Waals surface area contributed by atoms with E-state index in [9.17, 15) is 9.59 Å². The van der Waals surface area contributed by atoms with Gasteiger partial charge in [-0.2, -0.15) is 0 Å². The van der Waals surface area contributed by atoms with E-state index in [0.29, 0.717) is 16.8 Å². The number of amides is 2. The van der Waals surface area contributed by atoms with Gasteiger partial charge in [-0.25, -0.2) is 0 Å². The first-order valence-electron chi connectivity index (χ1n) is 9.05. The molecule has 0 aliphatic carbocycles. The van der Waals surface area contributed by atoms with Crippen molar-refractivity contribution in [3.05, 3.63) is 107 Å². The quantitative estimate of drug-likeness (QED) is 0.634. The fraction of sp³-hybridized carbons (Fsp3) is 0.0833. The summed E-state index contributed by atoms with van der Waals surface area (Å²) in [4.78, 5) is 25.7. The molecular formula is C24H22N2O2. The fourth-order valence-corrected chi connectivity index (χ4v) is 2.76. The van der Waals surface area contributed by atoms with Gasteiger partial charge in [0.25, 0.3) is 11.8 Å². The Bertz CT molecular complexity index is 992. The minimum Gasteiger partial charge on any atom is -0.321 e. The van der Waals surface area contributed by atoms with Crippen molar-refractivity contribution in [3.8, 4) is 0 Å². The molecule has 0 radical (unpaired) electrons. The molecule has 0 fully saturated rings. The third-order valence-corrected chi connectivity index (χ3v) is 4.39. The number of aryl methyl sites for hydroxylation is 1. The van der Waals surface area contributed by atoms with Crippen LogP contribution in [-0.4, -0.2) is 11.8 Å². The zero-order chi connectivity index (χ0) is 19.9. The van der Waals surface area contributed by atoms with Gasteiger partial charge in [0, 0.05) is 11.3 Å². The molecule has 0 atom stereocenters. The summed E-state index contributed by atoms with van der Waals surface area (Å²) in [5, 5.41) is 5.66. The molecule has 4 heteroatoms. The molecule has 0 bridgehead atoms. The van der Waals surface area contributed by atoms with Gasteiger partial charge < -0.3 is 10.6 Å². The van der Waals surface area contributed by atoms with E-state index in [1.54, 1.807) is 24.3 Å². The van der Waals surface area contributed by atoms with Crippen molar-refractivity contribution in [3.63, 3.8) is 0 Å². The second kappa shape index (κ2) is 8.82. The number of nitrogens with one attached hydrogen (secondary N) is 2. The monoisotopic (exact) mass is 370 g/mol. The van der Waals surface area contributed by atoms with Gasteiger partial charge in [0.15, 0.2) is 0 Å². The predicted octanol–water partition coefficient (Wildman–Crippen LogP) is 4.79. The van der Waals surface area contributed by atoms with Gasteiger partial charge in [-0.3, -0.25) is 9.59 Å². The van der Waals surface area contributed by atoms with E-state index in [2.05, 4.69) is 10.6 Å². The van der Waals surface area contributed by atoms with Gasteiger partial charge in [-0.15, -0.1) is 0 Å². The zero-order valence-corrected chi connectivity index (χ0v) is 15.9. The number of hydrogen-bond acceptors (Lipinski definition) is 2. The third kappa shape index (κ3) is 4.74. The number of hydrogen-bond donors (Lipinski definition) is 2. The SMILES string of the molecule is CC(=C(NC(=O)c1ccccc1)C(=O)Nc1ccc(C)cc1)c1ccccc1. The molecule has 0 unspecified atom stereocenters. The van der Waals surface area contributed by atoms with Crippen molar-refractivity contribution in [2.24, 2.45) is 0 Å². The first-order chi connectivity index (χ1) is 13.5. The normalized spacial score (nSPS) is 11.4. The van der Waals surface area contributed by atoms with Gasteiger partial charge in [0.1, 0.15) is 5.70 Å². The lowest BCUT2D eigenvalue weighted by Crippen LogP contribution is -2.31. The van der Waals surface area contributed by atoms with Crippen molar-refractivity contribution in [1.29, 1.82) is 0 Å². The Labute approximate surface area is 164 Å². The van der Waals surface area contributed by atoms with Gasteiger partial charge >= 0.3 is 0 Å². The maximum Gasteiger partial charge on any atom is 0.272 e. The highest BCUT2D eigenvalue weighted by Crippen LogP contribution is 2.19. The molecular weight excluding hydrogens is 348 g/mol. The zero-order valence-electron chi connectivity index (χ0n) is 15.9. The lowest BCUT2D eigenvalue weighted by molar-refractivity contribution is -0.113. The maximum absolute atomic E-state index is 13.0. The Morgan fingerprint density at radius 3 is 1.82 bits per heavy atom. The summed E-state index contributed by atoms with van der Waals surface area (Å²) in [5.41, 5.74) is 4.04. The first kappa shape index (κ1) is 19.1. The van der Waals surface area contributed by atoms with Crippen molar-refractivity contribution >= 4 is 23.1 Å². The largest absolute Gasteiger partial charge is 0.321 e. The van der Waals surface area contributed by atoms with Crippen LogP contribution in [0, 0.1) is 6.92 Å². The van der Waals surface area contributed by atoms with Crippen LogP contribution >= 0.6 is 0 Å². The van der Waals surface area contributed by atoms with Crippen LogP contribution in [0.3, 0.4) is 0 Å². The first-order valence-corrected chi connectivity index (χ1v) is 9.05. The number of carbonyl (C=O) groups excluding carboxylic acids is 2. The summed E-state index contributed by atoms with van der Waals surface area (Å²) in [5.74, 6) is -0.695. The summed E-state index contributed by atoms with van der Waals surface area (Å²) in [6.45, 7) is 3.81. The molecule has 0 heterocycles. The Morgan fingerprint density at radius 2 is 1.25 bits per heavy atom. The summed E-state index contributed by atoms with van der Waals surface area (Å²) in [7, 11) is 0. The minimum atomic E-state index is -0.366. The third-order valence-electron chi connectivity index (χ3n) is 4.39. The lowest BCUT2D eigenvalue weighted by Gasteiger charge is -2.15. The Hall–Kier alpha value is -3.66. The molecule has 0 aliphatic heterocycles. The Kier molecular flexibility index (Phi) is 6.02. The summed E-state index contributed by atoms with van der Waals surface area (Å²) in [6, 6.07) is 25.9. The molecule has 3 rings (SSSR count). The molecule has 0 saturated heterocycles. The van der Waals surface area contributed by atoms with Crippen LogP contribution in [0.15, 0.2) is 90.6 Å². The van der Waals surface area contributed by atoms with Crippen LogP contribution < -0.4 is 10.6 Å². The molecule has 3 aromatic rings. The molecule has 3 aromatic carbocycles. The number of carbonyl (C=O) groups is 2. The summed E-state index contributed by atoms with van der Waals surface area (Å²) >= 11 is 0. The molecule has 140 valence electrons. The molecule has 28 heavy (non-hydrogen) atoms. The van der Waals surface area contributed by atoms with Crippen LogP contribution in [0.1, 0.15) is 28.4 Å². The van der Waals surface area contributed by atoms with Gasteiger partial charge in [-0.05, 0) is 49.2 Å². The standard InChI is InChI=1S/C24H22N2O2/c1-17-13-15-21(16-14-17)25-24(28)22(18(2)19-9-5-3-6-10-19)26-23(27)20-11-7-4-8-12-20/h3-16H,1-2H3,(H,25,28)(H,26,27). The summed E-state index contributed by atoms with van der Waals surface area (Å²) < 4.78 is 0. The predicted molar refractivity (Wildman–Crippen MR) is 113 cm³/mol.